The highest BCUT2D eigenvalue weighted by Crippen LogP contribution is 2.34. The van der Waals surface area contributed by atoms with Crippen LogP contribution in [0.1, 0.15) is 44.5 Å². The molecule has 2 N–H and O–H groups in total. The molecule has 1 atom stereocenters. The normalized spacial score (nSPS) is 16.4. The van der Waals surface area contributed by atoms with Gasteiger partial charge in [0.2, 0.25) is 0 Å². The molecule has 1 amide bonds. The van der Waals surface area contributed by atoms with E-state index in [2.05, 4.69) is 14.9 Å². The molecule has 1 aliphatic rings. The van der Waals surface area contributed by atoms with Gasteiger partial charge in [-0.2, -0.15) is 0 Å². The lowest BCUT2D eigenvalue weighted by molar-refractivity contribution is 0.0640. The summed E-state index contributed by atoms with van der Waals surface area (Å²) in [5.41, 5.74) is 5.99. The van der Waals surface area contributed by atoms with Crippen LogP contribution in [0.4, 0.5) is 10.2 Å². The molecular weight excluding hydrogens is 385 g/mol. The fourth-order valence-electron chi connectivity index (χ4n) is 3.92. The van der Waals surface area contributed by atoms with E-state index in [4.69, 9.17) is 10.5 Å². The summed E-state index contributed by atoms with van der Waals surface area (Å²) in [6.07, 6.45) is 4.02. The fraction of sp³-hybridized carbons (Fsp3) is 0.500. The third kappa shape index (κ3) is 4.70. The summed E-state index contributed by atoms with van der Waals surface area (Å²) >= 11 is 0. The van der Waals surface area contributed by atoms with Crippen molar-refractivity contribution in [1.29, 1.82) is 0 Å². The van der Waals surface area contributed by atoms with Gasteiger partial charge in [-0.15, -0.1) is 0 Å². The first-order valence-electron chi connectivity index (χ1n) is 10.4. The van der Waals surface area contributed by atoms with E-state index in [0.717, 1.165) is 19.5 Å². The summed E-state index contributed by atoms with van der Waals surface area (Å²) in [5.74, 6) is 0.981. The molecule has 3 rings (SSSR count). The van der Waals surface area contributed by atoms with Crippen molar-refractivity contribution in [2.45, 2.75) is 46.2 Å². The molecule has 1 aromatic carbocycles. The summed E-state index contributed by atoms with van der Waals surface area (Å²) in [4.78, 5) is 25.5. The molecule has 1 aliphatic heterocycles. The fourth-order valence-corrected chi connectivity index (χ4v) is 3.92. The molecule has 0 bridgehead atoms. The van der Waals surface area contributed by atoms with Crippen LogP contribution >= 0.6 is 0 Å². The summed E-state index contributed by atoms with van der Waals surface area (Å²) in [6.45, 7) is 9.95. The molecule has 8 heteroatoms. The number of carbonyl (C=O) groups excluding carboxylic acids is 1. The maximum atomic E-state index is 14.0. The van der Waals surface area contributed by atoms with Gasteiger partial charge in [0.25, 0.3) is 5.91 Å². The van der Waals surface area contributed by atoms with Crippen molar-refractivity contribution in [2.75, 3.05) is 24.5 Å². The molecule has 0 unspecified atom stereocenters. The zero-order valence-electron chi connectivity index (χ0n) is 18.0. The first kappa shape index (κ1) is 22.0. The van der Waals surface area contributed by atoms with Crippen molar-refractivity contribution >= 4 is 11.7 Å². The molecule has 1 saturated heterocycles. The highest BCUT2D eigenvalue weighted by atomic mass is 19.1. The van der Waals surface area contributed by atoms with Gasteiger partial charge in [0.15, 0.2) is 11.6 Å². The van der Waals surface area contributed by atoms with Gasteiger partial charge in [0.05, 0.1) is 11.8 Å². The topological polar surface area (TPSA) is 84.6 Å². The van der Waals surface area contributed by atoms with Crippen LogP contribution in [0.15, 0.2) is 30.7 Å². The molecule has 0 spiro atoms. The highest BCUT2D eigenvalue weighted by Gasteiger charge is 2.28. The summed E-state index contributed by atoms with van der Waals surface area (Å²) in [6, 6.07) is 3.90. The first-order chi connectivity index (χ1) is 14.3. The SMILES string of the molecule is CC(C)N(C(=O)c1cc(F)ccc1Oc1cncnc1N1CC[C@@H](CN)C1)C(C)C. The predicted molar refractivity (Wildman–Crippen MR) is 114 cm³/mol. The van der Waals surface area contributed by atoms with Crippen molar-refractivity contribution in [3.8, 4) is 11.5 Å². The van der Waals surface area contributed by atoms with E-state index in [1.807, 2.05) is 27.7 Å². The number of nitrogens with two attached hydrogens (primary N) is 1. The number of hydrogen-bond acceptors (Lipinski definition) is 6. The standard InChI is InChI=1S/C22H30FN5O2/c1-14(2)28(15(3)4)22(29)18-9-17(23)5-6-19(18)30-20-11-25-13-26-21(20)27-8-7-16(10-24)12-27/h5-6,9,11,13-16H,7-8,10,12,24H2,1-4H3/t16-/m0/s1. The van der Waals surface area contributed by atoms with Crippen molar-refractivity contribution in [3.05, 3.63) is 42.1 Å². The quantitative estimate of drug-likeness (QED) is 0.746. The van der Waals surface area contributed by atoms with Crippen molar-refractivity contribution in [1.82, 2.24) is 14.9 Å². The van der Waals surface area contributed by atoms with E-state index >= 15 is 0 Å². The largest absolute Gasteiger partial charge is 0.451 e. The Hall–Kier alpha value is -2.74. The van der Waals surface area contributed by atoms with Crippen molar-refractivity contribution in [2.24, 2.45) is 11.7 Å². The Bertz CT molecular complexity index is 882. The molecule has 162 valence electrons. The van der Waals surface area contributed by atoms with Gasteiger partial charge < -0.3 is 20.3 Å². The minimum absolute atomic E-state index is 0.0398. The van der Waals surface area contributed by atoms with Gasteiger partial charge in [-0.3, -0.25) is 4.79 Å². The number of aromatic nitrogens is 2. The lowest BCUT2D eigenvalue weighted by Crippen LogP contribution is -2.42. The third-order valence-corrected chi connectivity index (χ3v) is 5.32. The van der Waals surface area contributed by atoms with Crippen LogP contribution in [0.5, 0.6) is 11.5 Å². The maximum Gasteiger partial charge on any atom is 0.258 e. The van der Waals surface area contributed by atoms with Gasteiger partial charge in [-0.05, 0) is 64.8 Å². The Morgan fingerprint density at radius 1 is 1.30 bits per heavy atom. The Balaban J connectivity index is 1.95. The number of anilines is 1. The Morgan fingerprint density at radius 2 is 2.03 bits per heavy atom. The molecule has 0 aliphatic carbocycles. The predicted octanol–water partition coefficient (Wildman–Crippen LogP) is 3.45. The number of rotatable bonds is 7. The van der Waals surface area contributed by atoms with Crippen LogP contribution in [0.2, 0.25) is 0 Å². The highest BCUT2D eigenvalue weighted by molar-refractivity contribution is 5.97. The van der Waals surface area contributed by atoms with Gasteiger partial charge in [-0.25, -0.2) is 14.4 Å². The molecule has 0 radical (unpaired) electrons. The third-order valence-electron chi connectivity index (χ3n) is 5.32. The molecule has 1 aromatic heterocycles. The smallest absolute Gasteiger partial charge is 0.258 e. The molecule has 2 aromatic rings. The van der Waals surface area contributed by atoms with Gasteiger partial charge in [0.1, 0.15) is 17.9 Å². The number of benzene rings is 1. The van der Waals surface area contributed by atoms with E-state index < -0.39 is 5.82 Å². The second kappa shape index (κ2) is 9.38. The molecule has 0 saturated carbocycles. The van der Waals surface area contributed by atoms with Crippen LogP contribution < -0.4 is 15.4 Å². The number of halogens is 1. The van der Waals surface area contributed by atoms with Crippen LogP contribution in [-0.4, -0.2) is 52.5 Å². The number of hydrogen-bond donors (Lipinski definition) is 1. The summed E-state index contributed by atoms with van der Waals surface area (Å²) < 4.78 is 20.1. The Morgan fingerprint density at radius 3 is 2.67 bits per heavy atom. The number of nitrogens with zero attached hydrogens (tertiary/aromatic N) is 4. The zero-order chi connectivity index (χ0) is 21.8. The average Bonchev–Trinajstić information content (AvgIpc) is 3.18. The van der Waals surface area contributed by atoms with Crippen molar-refractivity contribution in [3.63, 3.8) is 0 Å². The average molecular weight is 416 g/mol. The number of amides is 1. The lowest BCUT2D eigenvalue weighted by Gasteiger charge is -2.31. The van der Waals surface area contributed by atoms with E-state index in [9.17, 15) is 9.18 Å². The second-order valence-electron chi connectivity index (χ2n) is 8.19. The molecule has 30 heavy (non-hydrogen) atoms. The monoisotopic (exact) mass is 415 g/mol. The second-order valence-corrected chi connectivity index (χ2v) is 8.19. The van der Waals surface area contributed by atoms with E-state index in [1.165, 1.54) is 24.5 Å². The van der Waals surface area contributed by atoms with Gasteiger partial charge in [-0.1, -0.05) is 0 Å². The van der Waals surface area contributed by atoms with E-state index in [-0.39, 0.29) is 29.3 Å². The minimum atomic E-state index is -0.493. The maximum absolute atomic E-state index is 14.0. The lowest BCUT2D eigenvalue weighted by atomic mass is 10.1. The summed E-state index contributed by atoms with van der Waals surface area (Å²) in [7, 11) is 0. The number of carbonyl (C=O) groups is 1. The van der Waals surface area contributed by atoms with Crippen LogP contribution in [0.25, 0.3) is 0 Å². The molecule has 7 nitrogen and oxygen atoms in total. The zero-order valence-corrected chi connectivity index (χ0v) is 18.0. The first-order valence-corrected chi connectivity index (χ1v) is 10.4. The van der Waals surface area contributed by atoms with Crippen LogP contribution in [0, 0.1) is 11.7 Å². The van der Waals surface area contributed by atoms with Crippen molar-refractivity contribution < 1.29 is 13.9 Å². The minimum Gasteiger partial charge on any atom is -0.451 e. The number of ether oxygens (including phenoxy) is 1. The molecule has 2 heterocycles. The van der Waals surface area contributed by atoms with E-state index in [1.54, 1.807) is 11.1 Å². The molecule has 1 fully saturated rings. The van der Waals surface area contributed by atoms with Gasteiger partial charge >= 0.3 is 0 Å². The van der Waals surface area contributed by atoms with Crippen LogP contribution in [-0.2, 0) is 0 Å². The Kier molecular flexibility index (Phi) is 6.87. The summed E-state index contributed by atoms with van der Waals surface area (Å²) in [5, 5.41) is 0. The van der Waals surface area contributed by atoms with Crippen LogP contribution in [0.3, 0.4) is 0 Å². The van der Waals surface area contributed by atoms with E-state index in [0.29, 0.717) is 24.0 Å². The van der Waals surface area contributed by atoms with Gasteiger partial charge in [0, 0.05) is 25.2 Å². The molecular formula is C22H30FN5O2. The Labute approximate surface area is 177 Å².